The van der Waals surface area contributed by atoms with Gasteiger partial charge in [-0.2, -0.15) is 0 Å². The minimum atomic E-state index is -0.815. The molecule has 0 radical (unpaired) electrons. The first-order valence-corrected chi connectivity index (χ1v) is 34.3. The smallest absolute Gasteiger partial charge is 0.306 e. The minimum absolute atomic E-state index is 0.105. The van der Waals surface area contributed by atoms with Crippen LogP contribution in [-0.4, -0.2) is 37.2 Å². The number of rotatable bonds is 61. The topological polar surface area (TPSA) is 78.9 Å². The van der Waals surface area contributed by atoms with Crippen molar-refractivity contribution in [3.63, 3.8) is 0 Å². The second-order valence-electron chi connectivity index (χ2n) is 22.3. The first-order chi connectivity index (χ1) is 41.0. The van der Waals surface area contributed by atoms with Crippen LogP contribution in [0.25, 0.3) is 0 Å². The quantitative estimate of drug-likeness (QED) is 0.0261. The molecule has 1 atom stereocenters. The van der Waals surface area contributed by atoms with Crippen molar-refractivity contribution in [3.8, 4) is 0 Å². The maximum atomic E-state index is 12.9. The van der Waals surface area contributed by atoms with E-state index in [2.05, 4.69) is 167 Å². The van der Waals surface area contributed by atoms with Gasteiger partial charge in [0.25, 0.3) is 0 Å². The average molecular weight is 1150 g/mol. The molecule has 0 bridgehead atoms. The molecule has 0 saturated carbocycles. The van der Waals surface area contributed by atoms with Crippen molar-refractivity contribution in [2.75, 3.05) is 13.2 Å². The van der Waals surface area contributed by atoms with E-state index in [0.717, 1.165) is 128 Å². The summed E-state index contributed by atoms with van der Waals surface area (Å²) in [6.07, 6.45) is 100. The van der Waals surface area contributed by atoms with Crippen LogP contribution in [0.1, 0.15) is 303 Å². The number of allylic oxidation sites excluding steroid dienone is 24. The molecular weight excluding hydrogens is 1020 g/mol. The van der Waals surface area contributed by atoms with Gasteiger partial charge in [-0.1, -0.05) is 295 Å². The monoisotopic (exact) mass is 1150 g/mol. The molecule has 0 aromatic rings. The minimum Gasteiger partial charge on any atom is -0.462 e. The Morgan fingerprint density at radius 2 is 0.482 bits per heavy atom. The van der Waals surface area contributed by atoms with Crippen molar-refractivity contribution in [1.29, 1.82) is 0 Å². The van der Waals surface area contributed by atoms with Gasteiger partial charge in [0.1, 0.15) is 13.2 Å². The Bertz CT molecular complexity index is 1800. The van der Waals surface area contributed by atoms with Gasteiger partial charge in [0, 0.05) is 19.3 Å². The highest BCUT2D eigenvalue weighted by molar-refractivity contribution is 5.71. The Hall–Kier alpha value is -4.71. The molecule has 0 saturated heterocycles. The van der Waals surface area contributed by atoms with Gasteiger partial charge in [0.15, 0.2) is 6.10 Å². The van der Waals surface area contributed by atoms with E-state index in [1.807, 2.05) is 0 Å². The van der Waals surface area contributed by atoms with E-state index in [4.69, 9.17) is 14.2 Å². The molecule has 470 valence electrons. The van der Waals surface area contributed by atoms with Crippen LogP contribution in [0.2, 0.25) is 0 Å². The van der Waals surface area contributed by atoms with Crippen molar-refractivity contribution in [2.45, 2.75) is 309 Å². The Labute approximate surface area is 512 Å². The van der Waals surface area contributed by atoms with E-state index >= 15 is 0 Å². The highest BCUT2D eigenvalue weighted by atomic mass is 16.6. The molecule has 0 spiro atoms. The number of carbonyl (C=O) groups is 3. The van der Waals surface area contributed by atoms with Gasteiger partial charge in [-0.05, 0) is 135 Å². The number of ether oxygens (including phenoxy) is 3. The predicted molar refractivity (Wildman–Crippen MR) is 362 cm³/mol. The number of hydrogen-bond acceptors (Lipinski definition) is 6. The lowest BCUT2D eigenvalue weighted by atomic mass is 10.0. The summed E-state index contributed by atoms with van der Waals surface area (Å²) in [7, 11) is 0. The van der Waals surface area contributed by atoms with E-state index in [0.29, 0.717) is 19.3 Å². The third kappa shape index (κ3) is 68.0. The van der Waals surface area contributed by atoms with Gasteiger partial charge < -0.3 is 14.2 Å². The SMILES string of the molecule is CC/C=C\C/C=C\C/C=C\C/C=C\C/C=C\C/C=C\CCCCCCCCCCCCCCCCCCC(=O)OCC(COC(=O)CCCCCCC/C=C\CCCCCC)OC(=O)CCC/C=C\C/C=C\C/C=C\C/C=C\C/C=C\CC. The zero-order valence-electron chi connectivity index (χ0n) is 53.9. The Morgan fingerprint density at radius 3 is 0.783 bits per heavy atom. The molecule has 0 aromatic heterocycles. The number of carbonyl (C=O) groups excluding carboxylic acids is 3. The van der Waals surface area contributed by atoms with Crippen LogP contribution in [0.15, 0.2) is 146 Å². The molecule has 0 aliphatic carbocycles. The fourth-order valence-corrected chi connectivity index (χ4v) is 9.24. The molecule has 0 rings (SSSR count). The van der Waals surface area contributed by atoms with E-state index in [1.54, 1.807) is 0 Å². The summed E-state index contributed by atoms with van der Waals surface area (Å²) in [4.78, 5) is 38.3. The molecule has 6 nitrogen and oxygen atoms in total. The third-order valence-corrected chi connectivity index (χ3v) is 14.3. The van der Waals surface area contributed by atoms with Crippen molar-refractivity contribution in [2.24, 2.45) is 0 Å². The van der Waals surface area contributed by atoms with Crippen molar-refractivity contribution < 1.29 is 28.6 Å². The summed E-state index contributed by atoms with van der Waals surface area (Å²) in [5.41, 5.74) is 0. The maximum Gasteiger partial charge on any atom is 0.306 e. The van der Waals surface area contributed by atoms with Crippen molar-refractivity contribution in [1.82, 2.24) is 0 Å². The molecule has 1 unspecified atom stereocenters. The molecule has 83 heavy (non-hydrogen) atoms. The zero-order chi connectivity index (χ0) is 59.9. The standard InChI is InChI=1S/C77H126O6/c1-4-7-10-13-16-19-22-25-27-29-30-31-32-33-34-35-36-37-38-39-40-41-42-43-44-45-46-48-49-52-55-58-61-64-67-70-76(79)82-73-74(72-81-75(78)69-66-63-60-57-54-51-24-21-18-15-12-9-6-3)83-77(80)71-68-65-62-59-56-53-50-47-28-26-23-20-17-14-11-8-5-2/h7-8,10-11,16-17,19-21,24-28,30-31,33-34,36-37,50,53,59,62,74H,4-6,9,12-15,18,22-23,29,32,35,38-49,51-52,54-58,60-61,63-73H2,1-3H3/b10-7-,11-8-,19-16-,20-17-,24-21-,27-25-,28-26-,31-30-,34-33-,37-36-,53-50-,62-59-. The van der Waals surface area contributed by atoms with Gasteiger partial charge in [-0.15, -0.1) is 0 Å². The lowest BCUT2D eigenvalue weighted by molar-refractivity contribution is -0.167. The van der Waals surface area contributed by atoms with Crippen LogP contribution >= 0.6 is 0 Å². The molecule has 0 heterocycles. The molecule has 0 N–H and O–H groups in total. The largest absolute Gasteiger partial charge is 0.462 e. The third-order valence-electron chi connectivity index (χ3n) is 14.3. The summed E-state index contributed by atoms with van der Waals surface area (Å²) in [5, 5.41) is 0. The maximum absolute atomic E-state index is 12.9. The van der Waals surface area contributed by atoms with Crippen LogP contribution in [-0.2, 0) is 28.6 Å². The van der Waals surface area contributed by atoms with Crippen molar-refractivity contribution in [3.05, 3.63) is 146 Å². The Balaban J connectivity index is 4.23. The lowest BCUT2D eigenvalue weighted by Crippen LogP contribution is -2.30. The molecule has 0 aliphatic heterocycles. The van der Waals surface area contributed by atoms with Crippen LogP contribution in [0.4, 0.5) is 0 Å². The van der Waals surface area contributed by atoms with E-state index < -0.39 is 6.10 Å². The zero-order valence-corrected chi connectivity index (χ0v) is 53.9. The average Bonchev–Trinajstić information content (AvgIpc) is 3.49. The second kappa shape index (κ2) is 69.8. The van der Waals surface area contributed by atoms with Gasteiger partial charge in [0.2, 0.25) is 0 Å². The van der Waals surface area contributed by atoms with Gasteiger partial charge in [-0.25, -0.2) is 0 Å². The number of esters is 3. The summed E-state index contributed by atoms with van der Waals surface area (Å²) >= 11 is 0. The lowest BCUT2D eigenvalue weighted by Gasteiger charge is -2.18. The van der Waals surface area contributed by atoms with Gasteiger partial charge >= 0.3 is 17.9 Å². The number of unbranched alkanes of at least 4 members (excludes halogenated alkanes) is 26. The summed E-state index contributed by atoms with van der Waals surface area (Å²) in [6.45, 7) is 6.35. The molecular formula is C77H126O6. The van der Waals surface area contributed by atoms with Crippen LogP contribution in [0, 0.1) is 0 Å². The first-order valence-electron chi connectivity index (χ1n) is 34.3. The molecule has 6 heteroatoms. The number of hydrogen-bond donors (Lipinski definition) is 0. The van der Waals surface area contributed by atoms with Crippen molar-refractivity contribution >= 4 is 17.9 Å². The van der Waals surface area contributed by atoms with Crippen LogP contribution in [0.3, 0.4) is 0 Å². The predicted octanol–water partition coefficient (Wildman–Crippen LogP) is 23.9. The fourth-order valence-electron chi connectivity index (χ4n) is 9.24. The summed E-state index contributed by atoms with van der Waals surface area (Å²) in [6, 6.07) is 0. The Kier molecular flexibility index (Phi) is 65.8. The van der Waals surface area contributed by atoms with E-state index in [9.17, 15) is 14.4 Å². The fraction of sp³-hybridized carbons (Fsp3) is 0.649. The Morgan fingerprint density at radius 1 is 0.253 bits per heavy atom. The summed E-state index contributed by atoms with van der Waals surface area (Å²) in [5.74, 6) is -0.969. The normalized spacial score (nSPS) is 13.0. The molecule has 0 amide bonds. The van der Waals surface area contributed by atoms with Gasteiger partial charge in [0.05, 0.1) is 0 Å². The molecule has 0 fully saturated rings. The molecule has 0 aliphatic rings. The van der Waals surface area contributed by atoms with Gasteiger partial charge in [-0.3, -0.25) is 14.4 Å². The van der Waals surface area contributed by atoms with E-state index in [1.165, 1.54) is 128 Å². The van der Waals surface area contributed by atoms with E-state index in [-0.39, 0.29) is 37.5 Å². The van der Waals surface area contributed by atoms with Crippen LogP contribution in [0.5, 0.6) is 0 Å². The summed E-state index contributed by atoms with van der Waals surface area (Å²) < 4.78 is 16.9. The first kappa shape index (κ1) is 78.3. The van der Waals surface area contributed by atoms with Crippen LogP contribution < -0.4 is 0 Å². The highest BCUT2D eigenvalue weighted by Gasteiger charge is 2.19. The second-order valence-corrected chi connectivity index (χ2v) is 22.3. The molecule has 0 aromatic carbocycles. The highest BCUT2D eigenvalue weighted by Crippen LogP contribution is 2.16.